The zero-order chi connectivity index (χ0) is 16.3. The van der Waals surface area contributed by atoms with Crippen molar-refractivity contribution in [2.45, 2.75) is 33.3 Å². The number of aliphatic hydroxyl groups excluding tert-OH is 1. The molecular formula is C17H21FN2O2. The van der Waals surface area contributed by atoms with Gasteiger partial charge in [0, 0.05) is 18.0 Å². The third-order valence-corrected chi connectivity index (χ3v) is 3.57. The summed E-state index contributed by atoms with van der Waals surface area (Å²) in [6.07, 6.45) is 0.250. The molecule has 1 aromatic heterocycles. The second-order valence-electron chi connectivity index (χ2n) is 5.86. The predicted molar refractivity (Wildman–Crippen MR) is 84.2 cm³/mol. The molecule has 118 valence electrons. The summed E-state index contributed by atoms with van der Waals surface area (Å²) in [6.45, 7) is 5.93. The monoisotopic (exact) mass is 304 g/mol. The van der Waals surface area contributed by atoms with Crippen LogP contribution in [0.1, 0.15) is 36.3 Å². The van der Waals surface area contributed by atoms with Gasteiger partial charge in [0.2, 0.25) is 0 Å². The molecule has 22 heavy (non-hydrogen) atoms. The molecule has 1 heterocycles. The van der Waals surface area contributed by atoms with Gasteiger partial charge in [0.15, 0.2) is 0 Å². The summed E-state index contributed by atoms with van der Waals surface area (Å²) in [5.74, 6) is -0.357. The molecule has 0 bridgehead atoms. The number of aromatic nitrogens is 1. The van der Waals surface area contributed by atoms with Crippen molar-refractivity contribution in [2.75, 3.05) is 6.54 Å². The van der Waals surface area contributed by atoms with Crippen LogP contribution in [0.5, 0.6) is 0 Å². The largest absolute Gasteiger partial charge is 0.393 e. The van der Waals surface area contributed by atoms with Gasteiger partial charge in [-0.25, -0.2) is 4.39 Å². The van der Waals surface area contributed by atoms with Crippen LogP contribution in [0.25, 0.3) is 10.9 Å². The lowest BCUT2D eigenvalue weighted by atomic mass is 10.0. The molecule has 0 aliphatic carbocycles. The minimum atomic E-state index is -0.383. The highest BCUT2D eigenvalue weighted by Crippen LogP contribution is 2.18. The fourth-order valence-electron chi connectivity index (χ4n) is 2.49. The number of rotatable bonds is 5. The summed E-state index contributed by atoms with van der Waals surface area (Å²) in [6, 6.07) is 6.05. The van der Waals surface area contributed by atoms with Crippen LogP contribution in [0.2, 0.25) is 0 Å². The first-order chi connectivity index (χ1) is 10.4. The van der Waals surface area contributed by atoms with E-state index in [1.54, 1.807) is 26.0 Å². The number of nitrogens with one attached hydrogen (secondary N) is 1. The van der Waals surface area contributed by atoms with Gasteiger partial charge < -0.3 is 10.4 Å². The van der Waals surface area contributed by atoms with Crippen LogP contribution < -0.4 is 5.32 Å². The fraction of sp³-hybridized carbons (Fsp3) is 0.412. The Labute approximate surface area is 129 Å². The van der Waals surface area contributed by atoms with Crippen LogP contribution in [0.4, 0.5) is 4.39 Å². The normalized spacial score (nSPS) is 13.9. The van der Waals surface area contributed by atoms with E-state index in [0.29, 0.717) is 29.7 Å². The van der Waals surface area contributed by atoms with Crippen molar-refractivity contribution in [3.8, 4) is 0 Å². The Morgan fingerprint density at radius 3 is 2.77 bits per heavy atom. The molecule has 1 aromatic carbocycles. The second kappa shape index (κ2) is 6.83. The fourth-order valence-corrected chi connectivity index (χ4v) is 2.49. The summed E-state index contributed by atoms with van der Waals surface area (Å²) in [5, 5.41) is 12.9. The number of aliphatic hydroxyl groups is 1. The van der Waals surface area contributed by atoms with E-state index in [1.165, 1.54) is 12.1 Å². The second-order valence-corrected chi connectivity index (χ2v) is 5.86. The standard InChI is InChI=1S/C17H21FN2O2/c1-10(6-11(2)21)9-19-17(22)15-7-13-4-5-14(18)8-16(13)20-12(15)3/h4-5,7-8,10-11,21H,6,9H2,1-3H3,(H,19,22). The van der Waals surface area contributed by atoms with E-state index in [9.17, 15) is 14.3 Å². The Bertz CT molecular complexity index is 686. The Kier molecular flexibility index (Phi) is 5.08. The van der Waals surface area contributed by atoms with E-state index >= 15 is 0 Å². The van der Waals surface area contributed by atoms with E-state index in [2.05, 4.69) is 10.3 Å². The summed E-state index contributed by atoms with van der Waals surface area (Å²) < 4.78 is 13.2. The van der Waals surface area contributed by atoms with Crippen LogP contribution in [-0.2, 0) is 0 Å². The molecule has 4 nitrogen and oxygen atoms in total. The molecule has 0 saturated heterocycles. The van der Waals surface area contributed by atoms with Crippen LogP contribution in [0.15, 0.2) is 24.3 Å². The number of benzene rings is 1. The van der Waals surface area contributed by atoms with E-state index in [1.807, 2.05) is 6.92 Å². The van der Waals surface area contributed by atoms with Crippen LogP contribution in [-0.4, -0.2) is 28.6 Å². The molecule has 0 spiro atoms. The van der Waals surface area contributed by atoms with Crippen molar-refractivity contribution in [1.82, 2.24) is 10.3 Å². The van der Waals surface area contributed by atoms with Crippen LogP contribution in [0.3, 0.4) is 0 Å². The van der Waals surface area contributed by atoms with Crippen molar-refractivity contribution < 1.29 is 14.3 Å². The van der Waals surface area contributed by atoms with Crippen molar-refractivity contribution in [3.05, 3.63) is 41.3 Å². The quantitative estimate of drug-likeness (QED) is 0.893. The zero-order valence-electron chi connectivity index (χ0n) is 13.1. The number of nitrogens with zero attached hydrogens (tertiary/aromatic N) is 1. The molecule has 2 rings (SSSR count). The predicted octanol–water partition coefficient (Wildman–Crippen LogP) is 2.82. The topological polar surface area (TPSA) is 62.2 Å². The van der Waals surface area contributed by atoms with Gasteiger partial charge in [0.05, 0.1) is 22.9 Å². The van der Waals surface area contributed by atoms with Crippen molar-refractivity contribution >= 4 is 16.8 Å². The summed E-state index contributed by atoms with van der Waals surface area (Å²) in [4.78, 5) is 16.6. The Hall–Kier alpha value is -2.01. The van der Waals surface area contributed by atoms with Crippen LogP contribution in [0, 0.1) is 18.7 Å². The number of aryl methyl sites for hydroxylation is 1. The number of halogens is 1. The molecule has 0 fully saturated rings. The maximum atomic E-state index is 13.2. The lowest BCUT2D eigenvalue weighted by Gasteiger charge is -2.15. The van der Waals surface area contributed by atoms with Gasteiger partial charge in [0.1, 0.15) is 5.82 Å². The highest BCUT2D eigenvalue weighted by molar-refractivity contribution is 5.98. The molecule has 0 saturated carbocycles. The zero-order valence-corrected chi connectivity index (χ0v) is 13.1. The van der Waals surface area contributed by atoms with Crippen molar-refractivity contribution in [2.24, 2.45) is 5.92 Å². The third kappa shape index (κ3) is 4.01. The Balaban J connectivity index is 2.14. The van der Waals surface area contributed by atoms with Crippen molar-refractivity contribution in [1.29, 1.82) is 0 Å². The highest BCUT2D eigenvalue weighted by atomic mass is 19.1. The molecule has 2 aromatic rings. The van der Waals surface area contributed by atoms with Gasteiger partial charge in [-0.05, 0) is 44.4 Å². The third-order valence-electron chi connectivity index (χ3n) is 3.57. The number of carbonyl (C=O) groups is 1. The Morgan fingerprint density at radius 2 is 2.09 bits per heavy atom. The number of fused-ring (bicyclic) bond motifs is 1. The highest BCUT2D eigenvalue weighted by Gasteiger charge is 2.13. The van der Waals surface area contributed by atoms with Gasteiger partial charge in [-0.1, -0.05) is 6.92 Å². The van der Waals surface area contributed by atoms with Gasteiger partial charge >= 0.3 is 0 Å². The van der Waals surface area contributed by atoms with E-state index < -0.39 is 0 Å². The average molecular weight is 304 g/mol. The van der Waals surface area contributed by atoms with Gasteiger partial charge in [-0.15, -0.1) is 0 Å². The minimum Gasteiger partial charge on any atom is -0.393 e. The van der Waals surface area contributed by atoms with Gasteiger partial charge in [-0.2, -0.15) is 0 Å². The molecule has 5 heteroatoms. The SMILES string of the molecule is Cc1nc2cc(F)ccc2cc1C(=O)NCC(C)CC(C)O. The summed E-state index contributed by atoms with van der Waals surface area (Å²) in [7, 11) is 0. The van der Waals surface area contributed by atoms with E-state index in [4.69, 9.17) is 0 Å². The van der Waals surface area contributed by atoms with E-state index in [-0.39, 0.29) is 23.7 Å². The van der Waals surface area contributed by atoms with Crippen molar-refractivity contribution in [3.63, 3.8) is 0 Å². The average Bonchev–Trinajstić information content (AvgIpc) is 2.43. The molecule has 0 aliphatic rings. The maximum absolute atomic E-state index is 13.2. The first-order valence-corrected chi connectivity index (χ1v) is 7.40. The number of pyridine rings is 1. The molecule has 2 unspecified atom stereocenters. The number of hydrogen-bond acceptors (Lipinski definition) is 3. The molecule has 2 N–H and O–H groups in total. The van der Waals surface area contributed by atoms with E-state index in [0.717, 1.165) is 5.39 Å². The first-order valence-electron chi connectivity index (χ1n) is 7.40. The minimum absolute atomic E-state index is 0.187. The molecule has 1 amide bonds. The van der Waals surface area contributed by atoms with Gasteiger partial charge in [-0.3, -0.25) is 9.78 Å². The molecule has 2 atom stereocenters. The molecular weight excluding hydrogens is 283 g/mol. The maximum Gasteiger partial charge on any atom is 0.253 e. The summed E-state index contributed by atoms with van der Waals surface area (Å²) >= 11 is 0. The number of amides is 1. The number of carbonyl (C=O) groups excluding carboxylic acids is 1. The summed E-state index contributed by atoms with van der Waals surface area (Å²) in [5.41, 5.74) is 1.60. The smallest absolute Gasteiger partial charge is 0.253 e. The van der Waals surface area contributed by atoms with Crippen LogP contribution >= 0.6 is 0 Å². The first kappa shape index (κ1) is 16.4. The lowest BCUT2D eigenvalue weighted by Crippen LogP contribution is -2.30. The molecule has 0 radical (unpaired) electrons. The number of hydrogen-bond donors (Lipinski definition) is 2. The molecule has 0 aliphatic heterocycles. The van der Waals surface area contributed by atoms with Gasteiger partial charge in [0.25, 0.3) is 5.91 Å². The Morgan fingerprint density at radius 1 is 1.36 bits per heavy atom. The lowest BCUT2D eigenvalue weighted by molar-refractivity contribution is 0.0938.